The van der Waals surface area contributed by atoms with Gasteiger partial charge in [-0.3, -0.25) is 10.1 Å². The fourth-order valence-corrected chi connectivity index (χ4v) is 3.19. The van der Waals surface area contributed by atoms with E-state index in [1.165, 1.54) is 35.8 Å². The summed E-state index contributed by atoms with van der Waals surface area (Å²) in [5.74, 6) is 1.54. The van der Waals surface area contributed by atoms with Gasteiger partial charge in [0, 0.05) is 11.6 Å². The number of thioether (sulfide) groups is 1. The Morgan fingerprint density at radius 2 is 2.00 bits per heavy atom. The molecule has 3 rings (SSSR count). The largest absolute Gasteiger partial charge is 0.493 e. The van der Waals surface area contributed by atoms with Crippen LogP contribution in [-0.4, -0.2) is 46.0 Å². The number of nitro benzene ring substituents is 1. The van der Waals surface area contributed by atoms with E-state index in [0.717, 1.165) is 0 Å². The van der Waals surface area contributed by atoms with Gasteiger partial charge in [-0.1, -0.05) is 36.9 Å². The van der Waals surface area contributed by atoms with E-state index in [4.69, 9.17) is 14.2 Å². The molecule has 0 saturated carbocycles. The summed E-state index contributed by atoms with van der Waals surface area (Å²) < 4.78 is 18.2. The summed E-state index contributed by atoms with van der Waals surface area (Å²) in [7, 11) is 1.43. The zero-order valence-electron chi connectivity index (χ0n) is 17.9. The monoisotopic (exact) mass is 457 g/mol. The summed E-state index contributed by atoms with van der Waals surface area (Å²) in [6.07, 6.45) is 4.04. The lowest BCUT2D eigenvalue weighted by molar-refractivity contribution is -0.386. The first-order valence-corrected chi connectivity index (χ1v) is 11.0. The Bertz CT molecular complexity index is 1090. The second-order valence-electron chi connectivity index (χ2n) is 6.44. The topological polar surface area (TPSA) is 114 Å². The highest BCUT2D eigenvalue weighted by Crippen LogP contribution is 2.38. The lowest BCUT2D eigenvalue weighted by atomic mass is 10.2. The van der Waals surface area contributed by atoms with Gasteiger partial charge in [0.2, 0.25) is 10.9 Å². The fourth-order valence-electron chi connectivity index (χ4n) is 2.74. The molecule has 0 saturated heterocycles. The van der Waals surface area contributed by atoms with Gasteiger partial charge in [-0.25, -0.2) is 0 Å². The average Bonchev–Trinajstić information content (AvgIpc) is 3.22. The molecule has 1 aromatic heterocycles. The van der Waals surface area contributed by atoms with Gasteiger partial charge in [0.05, 0.1) is 24.9 Å². The highest BCUT2D eigenvalue weighted by Gasteiger charge is 2.22. The Morgan fingerprint density at radius 3 is 2.66 bits per heavy atom. The normalized spacial score (nSPS) is 11.0. The maximum absolute atomic E-state index is 11.6. The molecular formula is C21H23N5O5S. The molecule has 0 unspecified atom stereocenters. The number of ether oxygens (including phenoxy) is 3. The standard InChI is InChI=1S/C21H23N5O5S/c1-4-10-30-20-17(26(27)28)11-15(12-18(20)29-2)13-22-25-19(23-24-21(25)32-3)14-31-16-8-6-5-7-9-16/h5-9,11-13H,4,10,14H2,1-3H3/b22-13-. The summed E-state index contributed by atoms with van der Waals surface area (Å²) in [5, 5.41) is 24.8. The summed E-state index contributed by atoms with van der Waals surface area (Å²) >= 11 is 1.37. The Kier molecular flexibility index (Phi) is 8.03. The summed E-state index contributed by atoms with van der Waals surface area (Å²) in [5.41, 5.74) is 0.272. The van der Waals surface area contributed by atoms with Gasteiger partial charge in [-0.15, -0.1) is 10.2 Å². The van der Waals surface area contributed by atoms with Gasteiger partial charge in [0.25, 0.3) is 0 Å². The van der Waals surface area contributed by atoms with Crippen molar-refractivity contribution < 1.29 is 19.1 Å². The molecule has 168 valence electrons. The Morgan fingerprint density at radius 1 is 1.22 bits per heavy atom. The van der Waals surface area contributed by atoms with E-state index in [2.05, 4.69) is 15.3 Å². The molecule has 0 spiro atoms. The highest BCUT2D eigenvalue weighted by atomic mass is 32.2. The molecule has 0 aliphatic heterocycles. The zero-order valence-corrected chi connectivity index (χ0v) is 18.7. The van der Waals surface area contributed by atoms with Crippen molar-refractivity contribution in [2.45, 2.75) is 25.1 Å². The third kappa shape index (κ3) is 5.55. The summed E-state index contributed by atoms with van der Waals surface area (Å²) in [4.78, 5) is 11.1. The molecule has 3 aromatic rings. The molecule has 32 heavy (non-hydrogen) atoms. The van der Waals surface area contributed by atoms with Crippen LogP contribution in [0.15, 0.2) is 52.7 Å². The maximum Gasteiger partial charge on any atom is 0.315 e. The van der Waals surface area contributed by atoms with Crippen LogP contribution in [0, 0.1) is 10.1 Å². The number of benzene rings is 2. The van der Waals surface area contributed by atoms with Crippen molar-refractivity contribution in [1.29, 1.82) is 0 Å². The predicted molar refractivity (Wildman–Crippen MR) is 121 cm³/mol. The number of nitrogens with zero attached hydrogens (tertiary/aromatic N) is 5. The van der Waals surface area contributed by atoms with Crippen LogP contribution in [0.1, 0.15) is 24.7 Å². The van der Waals surface area contributed by atoms with Crippen molar-refractivity contribution in [2.24, 2.45) is 5.10 Å². The van der Waals surface area contributed by atoms with E-state index in [1.807, 2.05) is 43.5 Å². The lowest BCUT2D eigenvalue weighted by Crippen LogP contribution is -2.05. The quantitative estimate of drug-likeness (QED) is 0.182. The third-order valence-corrected chi connectivity index (χ3v) is 4.84. The van der Waals surface area contributed by atoms with Crippen molar-refractivity contribution >= 4 is 23.7 Å². The van der Waals surface area contributed by atoms with Crippen LogP contribution in [-0.2, 0) is 6.61 Å². The predicted octanol–water partition coefficient (Wildman–Crippen LogP) is 4.17. The summed E-state index contributed by atoms with van der Waals surface area (Å²) in [6, 6.07) is 12.3. The number of hydrogen-bond acceptors (Lipinski definition) is 9. The number of aromatic nitrogens is 3. The molecule has 0 radical (unpaired) electrons. The molecule has 0 bridgehead atoms. The minimum Gasteiger partial charge on any atom is -0.493 e. The van der Waals surface area contributed by atoms with Crippen molar-refractivity contribution in [2.75, 3.05) is 20.0 Å². The van der Waals surface area contributed by atoms with Crippen LogP contribution in [0.2, 0.25) is 0 Å². The van der Waals surface area contributed by atoms with Gasteiger partial charge < -0.3 is 14.2 Å². The second kappa shape index (κ2) is 11.1. The van der Waals surface area contributed by atoms with Gasteiger partial charge in [-0.2, -0.15) is 9.78 Å². The van der Waals surface area contributed by atoms with Gasteiger partial charge in [0.15, 0.2) is 11.6 Å². The van der Waals surface area contributed by atoms with E-state index >= 15 is 0 Å². The second-order valence-corrected chi connectivity index (χ2v) is 7.21. The zero-order chi connectivity index (χ0) is 22.9. The average molecular weight is 458 g/mol. The SMILES string of the molecule is CCCOc1c(OC)cc(/C=N\n2c(COc3ccccc3)nnc2SC)cc1[N+](=O)[O-]. The first kappa shape index (κ1) is 23.1. The third-order valence-electron chi connectivity index (χ3n) is 4.22. The van der Waals surface area contributed by atoms with Crippen molar-refractivity contribution in [1.82, 2.24) is 14.9 Å². The molecule has 0 fully saturated rings. The number of para-hydroxylation sites is 1. The van der Waals surface area contributed by atoms with Crippen LogP contribution in [0.25, 0.3) is 0 Å². The smallest absolute Gasteiger partial charge is 0.315 e. The van der Waals surface area contributed by atoms with Crippen molar-refractivity contribution in [3.63, 3.8) is 0 Å². The molecule has 0 N–H and O–H groups in total. The number of methoxy groups -OCH3 is 1. The van der Waals surface area contributed by atoms with E-state index in [1.54, 1.807) is 6.07 Å². The molecule has 0 aliphatic carbocycles. The van der Waals surface area contributed by atoms with E-state index in [-0.39, 0.29) is 23.8 Å². The van der Waals surface area contributed by atoms with Crippen LogP contribution in [0.4, 0.5) is 5.69 Å². The molecule has 2 aromatic carbocycles. The first-order valence-electron chi connectivity index (χ1n) is 9.77. The molecule has 0 atom stereocenters. The molecular weight excluding hydrogens is 434 g/mol. The Hall–Kier alpha value is -3.60. The van der Waals surface area contributed by atoms with E-state index < -0.39 is 4.92 Å². The van der Waals surface area contributed by atoms with Crippen molar-refractivity contribution in [3.8, 4) is 17.2 Å². The van der Waals surface area contributed by atoms with Gasteiger partial charge in [0.1, 0.15) is 12.4 Å². The maximum atomic E-state index is 11.6. The minimum atomic E-state index is -0.504. The molecule has 0 amide bonds. The van der Waals surface area contributed by atoms with Crippen LogP contribution >= 0.6 is 11.8 Å². The molecule has 10 nitrogen and oxygen atoms in total. The highest BCUT2D eigenvalue weighted by molar-refractivity contribution is 7.98. The number of nitro groups is 1. The summed E-state index contributed by atoms with van der Waals surface area (Å²) in [6.45, 7) is 2.41. The Balaban J connectivity index is 1.90. The van der Waals surface area contributed by atoms with Gasteiger partial charge >= 0.3 is 5.69 Å². The van der Waals surface area contributed by atoms with Crippen LogP contribution in [0.3, 0.4) is 0 Å². The first-order chi connectivity index (χ1) is 15.6. The Labute approximate surface area is 189 Å². The number of hydrogen-bond donors (Lipinski definition) is 0. The number of rotatable bonds is 11. The molecule has 0 aliphatic rings. The van der Waals surface area contributed by atoms with Crippen molar-refractivity contribution in [3.05, 3.63) is 64.0 Å². The van der Waals surface area contributed by atoms with E-state index in [0.29, 0.717) is 35.3 Å². The van der Waals surface area contributed by atoms with Crippen LogP contribution in [0.5, 0.6) is 17.2 Å². The molecule has 11 heteroatoms. The van der Waals surface area contributed by atoms with Crippen LogP contribution < -0.4 is 14.2 Å². The molecule has 1 heterocycles. The lowest BCUT2D eigenvalue weighted by Gasteiger charge is -2.11. The van der Waals surface area contributed by atoms with Gasteiger partial charge in [-0.05, 0) is 30.9 Å². The fraction of sp³-hybridized carbons (Fsp3) is 0.286. The minimum absolute atomic E-state index is 0.0996. The van der Waals surface area contributed by atoms with E-state index in [9.17, 15) is 10.1 Å².